The van der Waals surface area contributed by atoms with Crippen LogP contribution in [0.2, 0.25) is 5.02 Å². The third kappa shape index (κ3) is 5.42. The van der Waals surface area contributed by atoms with Gasteiger partial charge in [0, 0.05) is 29.7 Å². The number of nitrogen functional groups attached to an aromatic ring is 1. The highest BCUT2D eigenvalue weighted by Crippen LogP contribution is 2.31. The van der Waals surface area contributed by atoms with E-state index in [4.69, 9.17) is 22.1 Å². The van der Waals surface area contributed by atoms with Crippen molar-refractivity contribution >= 4 is 23.2 Å². The van der Waals surface area contributed by atoms with Crippen LogP contribution in [0.15, 0.2) is 78.5 Å². The van der Waals surface area contributed by atoms with Crippen molar-refractivity contribution in [3.8, 4) is 22.6 Å². The van der Waals surface area contributed by atoms with E-state index in [1.54, 1.807) is 24.3 Å². The summed E-state index contributed by atoms with van der Waals surface area (Å²) in [5.74, 6) is -0.119. The second kappa shape index (κ2) is 10.3. The van der Waals surface area contributed by atoms with Gasteiger partial charge in [-0.2, -0.15) is 5.10 Å². The van der Waals surface area contributed by atoms with E-state index < -0.39 is 17.0 Å². The number of ketones is 1. The number of benzene rings is 1. The van der Waals surface area contributed by atoms with Gasteiger partial charge in [0.15, 0.2) is 17.2 Å². The molecule has 2 N–H and O–H groups in total. The Kier molecular flexibility index (Phi) is 6.98. The Morgan fingerprint density at radius 1 is 1.17 bits per heavy atom. The summed E-state index contributed by atoms with van der Waals surface area (Å²) >= 11 is 6.08. The number of allylic oxidation sites excluding steroid dienone is 1. The standard InChI is InChI=1S/C25H19ClFN5O3/c1-2-11-32-14-19(15-3-5-16(27)6-4-15)24(34)23(31-32)20(33)12-17-7-8-18(13-30-17)35-21-9-10-29-25(28)22(21)26/h2-10,13-14H,1,11-12H2,(H2,28,29). The Morgan fingerprint density at radius 2 is 1.94 bits per heavy atom. The summed E-state index contributed by atoms with van der Waals surface area (Å²) in [4.78, 5) is 34.2. The first-order valence-electron chi connectivity index (χ1n) is 10.4. The third-order valence-electron chi connectivity index (χ3n) is 4.95. The molecule has 3 aromatic heterocycles. The highest BCUT2D eigenvalue weighted by molar-refractivity contribution is 6.34. The quantitative estimate of drug-likeness (QED) is 0.285. The van der Waals surface area contributed by atoms with E-state index in [1.165, 1.54) is 47.5 Å². The number of halogens is 2. The Bertz CT molecular complexity index is 1450. The van der Waals surface area contributed by atoms with Crippen LogP contribution in [-0.4, -0.2) is 25.5 Å². The van der Waals surface area contributed by atoms with Gasteiger partial charge in [0.2, 0.25) is 5.43 Å². The molecule has 0 amide bonds. The van der Waals surface area contributed by atoms with Crippen LogP contribution in [0.5, 0.6) is 11.5 Å². The summed E-state index contributed by atoms with van der Waals surface area (Å²) in [6.45, 7) is 3.95. The fourth-order valence-corrected chi connectivity index (χ4v) is 3.40. The molecule has 4 aromatic rings. The van der Waals surface area contributed by atoms with Gasteiger partial charge in [-0.15, -0.1) is 6.58 Å². The van der Waals surface area contributed by atoms with Crippen LogP contribution in [-0.2, 0) is 13.0 Å². The van der Waals surface area contributed by atoms with E-state index in [2.05, 4.69) is 21.6 Å². The van der Waals surface area contributed by atoms with Crippen LogP contribution < -0.4 is 15.9 Å². The number of hydrogen-bond acceptors (Lipinski definition) is 7. The van der Waals surface area contributed by atoms with Gasteiger partial charge in [-0.3, -0.25) is 19.3 Å². The van der Waals surface area contributed by atoms with Gasteiger partial charge < -0.3 is 10.5 Å². The number of Topliss-reactive ketones (excluding diaryl/α,β-unsaturated/α-hetero) is 1. The van der Waals surface area contributed by atoms with Crippen LogP contribution in [0, 0.1) is 5.82 Å². The minimum atomic E-state index is -0.549. The molecule has 10 heteroatoms. The number of pyridine rings is 2. The Morgan fingerprint density at radius 3 is 2.63 bits per heavy atom. The number of carbonyl (C=O) groups excluding carboxylic acids is 1. The zero-order valence-corrected chi connectivity index (χ0v) is 19.1. The molecule has 176 valence electrons. The number of nitrogens with zero attached hydrogens (tertiary/aromatic N) is 4. The highest BCUT2D eigenvalue weighted by atomic mass is 35.5. The maximum atomic E-state index is 13.3. The highest BCUT2D eigenvalue weighted by Gasteiger charge is 2.19. The van der Waals surface area contributed by atoms with Gasteiger partial charge in [0.05, 0.1) is 19.2 Å². The number of rotatable bonds is 8. The summed E-state index contributed by atoms with van der Waals surface area (Å²) in [6, 6.07) is 10.2. The topological polar surface area (TPSA) is 113 Å². The maximum absolute atomic E-state index is 13.3. The van der Waals surface area contributed by atoms with Crippen molar-refractivity contribution in [2.75, 3.05) is 5.73 Å². The van der Waals surface area contributed by atoms with E-state index in [-0.39, 0.29) is 35.1 Å². The second-order valence-corrected chi connectivity index (χ2v) is 7.81. The second-order valence-electron chi connectivity index (χ2n) is 7.43. The molecule has 3 heterocycles. The molecule has 0 saturated carbocycles. The number of carbonyl (C=O) groups is 1. The monoisotopic (exact) mass is 491 g/mol. The van der Waals surface area contributed by atoms with E-state index >= 15 is 0 Å². The average Bonchev–Trinajstić information content (AvgIpc) is 2.85. The van der Waals surface area contributed by atoms with Crippen molar-refractivity contribution in [3.63, 3.8) is 0 Å². The van der Waals surface area contributed by atoms with Crippen LogP contribution in [0.4, 0.5) is 10.2 Å². The number of ether oxygens (including phenoxy) is 1. The van der Waals surface area contributed by atoms with Gasteiger partial charge in [-0.05, 0) is 29.8 Å². The van der Waals surface area contributed by atoms with Crippen LogP contribution in [0.25, 0.3) is 11.1 Å². The molecule has 0 bridgehead atoms. The molecule has 35 heavy (non-hydrogen) atoms. The molecule has 0 spiro atoms. The van der Waals surface area contributed by atoms with Crippen molar-refractivity contribution in [2.24, 2.45) is 0 Å². The Labute approximate surface area is 204 Å². The number of hydrogen-bond donors (Lipinski definition) is 1. The smallest absolute Gasteiger partial charge is 0.219 e. The molecule has 4 rings (SSSR count). The molecule has 8 nitrogen and oxygen atoms in total. The van der Waals surface area contributed by atoms with E-state index in [0.717, 1.165) is 0 Å². The summed E-state index contributed by atoms with van der Waals surface area (Å²) in [7, 11) is 0. The van der Waals surface area contributed by atoms with Gasteiger partial charge in [-0.25, -0.2) is 9.37 Å². The van der Waals surface area contributed by atoms with E-state index in [9.17, 15) is 14.0 Å². The summed E-state index contributed by atoms with van der Waals surface area (Å²) in [6.07, 6.45) is 5.82. The molecule has 0 unspecified atom stereocenters. The van der Waals surface area contributed by atoms with Crippen LogP contribution >= 0.6 is 11.6 Å². The fraction of sp³-hybridized carbons (Fsp3) is 0.0800. The van der Waals surface area contributed by atoms with Crippen molar-refractivity contribution in [1.82, 2.24) is 19.7 Å². The fourth-order valence-electron chi connectivity index (χ4n) is 3.25. The van der Waals surface area contributed by atoms with Crippen molar-refractivity contribution in [1.29, 1.82) is 0 Å². The molecule has 1 aromatic carbocycles. The Balaban J connectivity index is 1.58. The average molecular weight is 492 g/mol. The molecule has 0 aliphatic heterocycles. The zero-order chi connectivity index (χ0) is 24.9. The molecule has 0 aliphatic rings. The summed E-state index contributed by atoms with van der Waals surface area (Å²) in [5, 5.41) is 4.35. The number of nitrogens with two attached hydrogens (primary N) is 1. The molecule has 0 saturated heterocycles. The lowest BCUT2D eigenvalue weighted by molar-refractivity contribution is 0.0983. The van der Waals surface area contributed by atoms with Gasteiger partial charge in [0.1, 0.15) is 22.4 Å². The van der Waals surface area contributed by atoms with Gasteiger partial charge >= 0.3 is 0 Å². The predicted molar refractivity (Wildman–Crippen MR) is 130 cm³/mol. The van der Waals surface area contributed by atoms with Crippen molar-refractivity contribution < 1.29 is 13.9 Å². The molecular formula is C25H19ClFN5O3. The largest absolute Gasteiger partial charge is 0.454 e. The van der Waals surface area contributed by atoms with E-state index in [0.29, 0.717) is 22.8 Å². The lowest BCUT2D eigenvalue weighted by atomic mass is 10.0. The summed E-state index contributed by atoms with van der Waals surface area (Å²) < 4.78 is 20.5. The molecule has 0 aliphatic carbocycles. The van der Waals surface area contributed by atoms with Gasteiger partial charge in [0.25, 0.3) is 0 Å². The van der Waals surface area contributed by atoms with Gasteiger partial charge in [-0.1, -0.05) is 29.8 Å². The maximum Gasteiger partial charge on any atom is 0.219 e. The molecule has 0 atom stereocenters. The first-order valence-corrected chi connectivity index (χ1v) is 10.8. The summed E-state index contributed by atoms with van der Waals surface area (Å²) in [5.41, 5.74) is 6.00. The molecular weight excluding hydrogens is 473 g/mol. The van der Waals surface area contributed by atoms with Crippen molar-refractivity contribution in [2.45, 2.75) is 13.0 Å². The van der Waals surface area contributed by atoms with Crippen molar-refractivity contribution in [3.05, 3.63) is 106 Å². The predicted octanol–water partition coefficient (Wildman–Crippen LogP) is 4.48. The van der Waals surface area contributed by atoms with E-state index in [1.807, 2.05) is 0 Å². The molecule has 0 radical (unpaired) electrons. The normalized spacial score (nSPS) is 10.7. The molecule has 0 fully saturated rings. The zero-order valence-electron chi connectivity index (χ0n) is 18.3. The number of aromatic nitrogens is 4. The Hall–Kier alpha value is -4.37. The minimum absolute atomic E-state index is 0.136. The third-order valence-corrected chi connectivity index (χ3v) is 5.33. The number of anilines is 1. The lowest BCUT2D eigenvalue weighted by Crippen LogP contribution is -2.25. The van der Waals surface area contributed by atoms with Crippen LogP contribution in [0.3, 0.4) is 0 Å². The first-order chi connectivity index (χ1) is 16.9. The van der Waals surface area contributed by atoms with Crippen LogP contribution in [0.1, 0.15) is 16.2 Å². The minimum Gasteiger partial charge on any atom is -0.454 e. The first kappa shape index (κ1) is 23.8. The lowest BCUT2D eigenvalue weighted by Gasteiger charge is -2.10. The SMILES string of the molecule is C=CCn1cc(-c2ccc(F)cc2)c(=O)c(C(=O)Cc2ccc(Oc3ccnc(N)c3Cl)cn2)n1.